The first kappa shape index (κ1) is 12.7. The quantitative estimate of drug-likeness (QED) is 0.805. The van der Waals surface area contributed by atoms with Crippen LogP contribution in [0.4, 0.5) is 4.39 Å². The minimum absolute atomic E-state index is 0.0191. The second-order valence-corrected chi connectivity index (χ2v) is 4.50. The molecule has 0 spiro atoms. The zero-order valence-corrected chi connectivity index (χ0v) is 11.1. The van der Waals surface area contributed by atoms with Crippen LogP contribution in [0.1, 0.15) is 17.3 Å². The highest BCUT2D eigenvalue weighted by Crippen LogP contribution is 2.28. The molecule has 0 atom stereocenters. The molecule has 0 aliphatic carbocycles. The molecule has 2 aromatic rings. The van der Waals surface area contributed by atoms with Crippen molar-refractivity contribution in [1.82, 2.24) is 4.98 Å². The number of carbonyl (C=O) groups is 1. The molecule has 0 saturated carbocycles. The standard InChI is InChI=1S/C13H9BrFNO2/c1-8(17)10-3-2-6-16-13(10)18-12-7-9(14)4-5-11(12)15/h2-7H,1H3. The van der Waals surface area contributed by atoms with Gasteiger partial charge in [-0.2, -0.15) is 0 Å². The Hall–Kier alpha value is -1.75. The number of Topliss-reactive ketones (excluding diaryl/α,β-unsaturated/α-hetero) is 1. The van der Waals surface area contributed by atoms with Crippen molar-refractivity contribution < 1.29 is 13.9 Å². The second kappa shape index (κ2) is 5.27. The molecule has 0 radical (unpaired) electrons. The Morgan fingerprint density at radius 2 is 2.17 bits per heavy atom. The lowest BCUT2D eigenvalue weighted by Crippen LogP contribution is -1.99. The van der Waals surface area contributed by atoms with Crippen LogP contribution in [0.2, 0.25) is 0 Å². The molecule has 0 amide bonds. The average molecular weight is 310 g/mol. The lowest BCUT2D eigenvalue weighted by Gasteiger charge is -2.08. The lowest BCUT2D eigenvalue weighted by molar-refractivity contribution is 0.101. The second-order valence-electron chi connectivity index (χ2n) is 3.59. The van der Waals surface area contributed by atoms with Gasteiger partial charge in [-0.1, -0.05) is 15.9 Å². The summed E-state index contributed by atoms with van der Waals surface area (Å²) < 4.78 is 19.6. The highest BCUT2D eigenvalue weighted by atomic mass is 79.9. The molecular formula is C13H9BrFNO2. The van der Waals surface area contributed by atoms with Crippen molar-refractivity contribution in [2.24, 2.45) is 0 Å². The molecule has 0 fully saturated rings. The molecule has 5 heteroatoms. The highest BCUT2D eigenvalue weighted by molar-refractivity contribution is 9.10. The predicted octanol–water partition coefficient (Wildman–Crippen LogP) is 3.98. The number of carbonyl (C=O) groups excluding carboxylic acids is 1. The number of ketones is 1. The minimum atomic E-state index is -0.515. The van der Waals surface area contributed by atoms with Crippen molar-refractivity contribution in [2.75, 3.05) is 0 Å². The first-order chi connectivity index (χ1) is 8.58. The largest absolute Gasteiger partial charge is 0.435 e. The van der Waals surface area contributed by atoms with Gasteiger partial charge in [0.25, 0.3) is 0 Å². The predicted molar refractivity (Wildman–Crippen MR) is 68.4 cm³/mol. The van der Waals surface area contributed by atoms with E-state index in [-0.39, 0.29) is 17.4 Å². The van der Waals surface area contributed by atoms with E-state index in [1.54, 1.807) is 18.2 Å². The van der Waals surface area contributed by atoms with Gasteiger partial charge in [-0.15, -0.1) is 0 Å². The molecule has 0 saturated heterocycles. The fourth-order valence-corrected chi connectivity index (χ4v) is 1.74. The number of pyridine rings is 1. The number of hydrogen-bond donors (Lipinski definition) is 0. The molecule has 2 rings (SSSR count). The summed E-state index contributed by atoms with van der Waals surface area (Å²) in [4.78, 5) is 15.3. The SMILES string of the molecule is CC(=O)c1cccnc1Oc1cc(Br)ccc1F. The van der Waals surface area contributed by atoms with Crippen molar-refractivity contribution in [3.8, 4) is 11.6 Å². The van der Waals surface area contributed by atoms with Crippen molar-refractivity contribution in [3.05, 3.63) is 52.4 Å². The van der Waals surface area contributed by atoms with E-state index in [1.165, 1.54) is 25.3 Å². The van der Waals surface area contributed by atoms with Gasteiger partial charge in [-0.05, 0) is 37.3 Å². The molecule has 0 N–H and O–H groups in total. The Morgan fingerprint density at radius 3 is 2.89 bits per heavy atom. The zero-order valence-electron chi connectivity index (χ0n) is 9.48. The first-order valence-electron chi connectivity index (χ1n) is 5.17. The number of ether oxygens (including phenoxy) is 1. The van der Waals surface area contributed by atoms with Crippen molar-refractivity contribution >= 4 is 21.7 Å². The molecule has 1 aromatic carbocycles. The van der Waals surface area contributed by atoms with E-state index < -0.39 is 5.82 Å². The summed E-state index contributed by atoms with van der Waals surface area (Å²) in [5.41, 5.74) is 0.317. The lowest BCUT2D eigenvalue weighted by atomic mass is 10.2. The number of nitrogens with zero attached hydrogens (tertiary/aromatic N) is 1. The van der Waals surface area contributed by atoms with Crippen LogP contribution >= 0.6 is 15.9 Å². The number of aromatic nitrogens is 1. The van der Waals surface area contributed by atoms with Gasteiger partial charge in [0.2, 0.25) is 5.88 Å². The van der Waals surface area contributed by atoms with Crippen LogP contribution in [0.15, 0.2) is 41.0 Å². The van der Waals surface area contributed by atoms with Gasteiger partial charge in [0, 0.05) is 10.7 Å². The summed E-state index contributed by atoms with van der Waals surface area (Å²) in [6.45, 7) is 1.40. The summed E-state index contributed by atoms with van der Waals surface area (Å²) >= 11 is 3.22. The number of halogens is 2. The fraction of sp³-hybridized carbons (Fsp3) is 0.0769. The number of rotatable bonds is 3. The van der Waals surface area contributed by atoms with Crippen LogP contribution in [0.3, 0.4) is 0 Å². The number of benzene rings is 1. The van der Waals surface area contributed by atoms with Gasteiger partial charge in [0.1, 0.15) is 0 Å². The molecule has 3 nitrogen and oxygen atoms in total. The average Bonchev–Trinajstić information content (AvgIpc) is 2.34. The third-order valence-corrected chi connectivity index (χ3v) is 2.74. The van der Waals surface area contributed by atoms with Crippen LogP contribution in [0.25, 0.3) is 0 Å². The molecule has 1 heterocycles. The van der Waals surface area contributed by atoms with Crippen molar-refractivity contribution in [3.63, 3.8) is 0 Å². The Labute approximate surface area is 112 Å². The highest BCUT2D eigenvalue weighted by Gasteiger charge is 2.12. The molecule has 92 valence electrons. The number of hydrogen-bond acceptors (Lipinski definition) is 3. The summed E-state index contributed by atoms with van der Waals surface area (Å²) in [6.07, 6.45) is 1.48. The van der Waals surface area contributed by atoms with Crippen LogP contribution in [0.5, 0.6) is 11.6 Å². The van der Waals surface area contributed by atoms with E-state index in [0.29, 0.717) is 10.0 Å². The third-order valence-electron chi connectivity index (χ3n) is 2.25. The first-order valence-corrected chi connectivity index (χ1v) is 5.96. The maximum absolute atomic E-state index is 13.5. The third kappa shape index (κ3) is 2.73. The Morgan fingerprint density at radius 1 is 1.39 bits per heavy atom. The topological polar surface area (TPSA) is 39.2 Å². The van der Waals surface area contributed by atoms with E-state index >= 15 is 0 Å². The normalized spacial score (nSPS) is 10.2. The molecule has 18 heavy (non-hydrogen) atoms. The fourth-order valence-electron chi connectivity index (χ4n) is 1.40. The van der Waals surface area contributed by atoms with Gasteiger partial charge >= 0.3 is 0 Å². The van der Waals surface area contributed by atoms with E-state index in [4.69, 9.17) is 4.74 Å². The molecule has 0 unspecified atom stereocenters. The maximum atomic E-state index is 13.5. The monoisotopic (exact) mass is 309 g/mol. The van der Waals surface area contributed by atoms with Gasteiger partial charge in [-0.3, -0.25) is 4.79 Å². The summed E-state index contributed by atoms with van der Waals surface area (Å²) in [5, 5.41) is 0. The van der Waals surface area contributed by atoms with Crippen LogP contribution in [-0.4, -0.2) is 10.8 Å². The molecular weight excluding hydrogens is 301 g/mol. The van der Waals surface area contributed by atoms with Gasteiger partial charge in [0.15, 0.2) is 17.3 Å². The summed E-state index contributed by atoms with van der Waals surface area (Å²) in [5.74, 6) is -0.584. The van der Waals surface area contributed by atoms with Gasteiger partial charge in [-0.25, -0.2) is 9.37 Å². The molecule has 1 aromatic heterocycles. The van der Waals surface area contributed by atoms with Crippen molar-refractivity contribution in [2.45, 2.75) is 6.92 Å². The smallest absolute Gasteiger partial charge is 0.230 e. The minimum Gasteiger partial charge on any atom is -0.435 e. The zero-order chi connectivity index (χ0) is 13.1. The molecule has 0 aliphatic heterocycles. The summed E-state index contributed by atoms with van der Waals surface area (Å²) in [6, 6.07) is 7.53. The summed E-state index contributed by atoms with van der Waals surface area (Å²) in [7, 11) is 0. The van der Waals surface area contributed by atoms with E-state index in [2.05, 4.69) is 20.9 Å². The van der Waals surface area contributed by atoms with Gasteiger partial charge in [0.05, 0.1) is 5.56 Å². The molecule has 0 bridgehead atoms. The van der Waals surface area contributed by atoms with E-state index in [1.807, 2.05) is 0 Å². The van der Waals surface area contributed by atoms with Crippen LogP contribution in [-0.2, 0) is 0 Å². The van der Waals surface area contributed by atoms with E-state index in [0.717, 1.165) is 0 Å². The van der Waals surface area contributed by atoms with E-state index in [9.17, 15) is 9.18 Å². The molecule has 0 aliphatic rings. The van der Waals surface area contributed by atoms with Crippen LogP contribution < -0.4 is 4.74 Å². The Kier molecular flexibility index (Phi) is 3.72. The maximum Gasteiger partial charge on any atom is 0.230 e. The Balaban J connectivity index is 2.40. The van der Waals surface area contributed by atoms with Crippen molar-refractivity contribution in [1.29, 1.82) is 0 Å². The van der Waals surface area contributed by atoms with Gasteiger partial charge < -0.3 is 4.74 Å². The Bertz CT molecular complexity index is 601. The van der Waals surface area contributed by atoms with Crippen LogP contribution in [0, 0.1) is 5.82 Å².